The summed E-state index contributed by atoms with van der Waals surface area (Å²) in [6, 6.07) is 15.3. The maximum atomic E-state index is 12.6. The number of rotatable bonds is 7. The lowest BCUT2D eigenvalue weighted by Gasteiger charge is -2.19. The van der Waals surface area contributed by atoms with E-state index in [0.717, 1.165) is 22.6 Å². The molecule has 0 saturated heterocycles. The summed E-state index contributed by atoms with van der Waals surface area (Å²) < 4.78 is 5.16. The molecule has 3 nitrogen and oxygen atoms in total. The summed E-state index contributed by atoms with van der Waals surface area (Å²) in [5.41, 5.74) is 1.05. The molecule has 24 heavy (non-hydrogen) atoms. The van der Waals surface area contributed by atoms with E-state index < -0.39 is 0 Å². The van der Waals surface area contributed by atoms with Crippen molar-refractivity contribution in [3.63, 3.8) is 0 Å². The average Bonchev–Trinajstić information content (AvgIpc) is 2.61. The van der Waals surface area contributed by atoms with Crippen LogP contribution < -0.4 is 10.1 Å². The molecule has 0 fully saturated rings. The van der Waals surface area contributed by atoms with E-state index in [-0.39, 0.29) is 17.2 Å². The minimum absolute atomic E-state index is 0.0424. The third-order valence-electron chi connectivity index (χ3n) is 3.73. The molecule has 2 rings (SSSR count). The fourth-order valence-corrected chi connectivity index (χ4v) is 3.37. The molecule has 1 amide bonds. The van der Waals surface area contributed by atoms with Gasteiger partial charge in [-0.2, -0.15) is 0 Å². The Hall–Kier alpha value is -1.65. The molecule has 0 aliphatic heterocycles. The molecule has 0 aliphatic carbocycles. The topological polar surface area (TPSA) is 38.3 Å². The summed E-state index contributed by atoms with van der Waals surface area (Å²) in [4.78, 5) is 13.6. The molecule has 0 spiro atoms. The highest BCUT2D eigenvalue weighted by Crippen LogP contribution is 2.27. The van der Waals surface area contributed by atoms with E-state index in [4.69, 9.17) is 16.3 Å². The molecule has 0 unspecified atom stereocenters. The van der Waals surface area contributed by atoms with Crippen LogP contribution in [0.5, 0.6) is 5.75 Å². The van der Waals surface area contributed by atoms with Crippen molar-refractivity contribution in [1.29, 1.82) is 0 Å². The van der Waals surface area contributed by atoms with E-state index >= 15 is 0 Å². The highest BCUT2D eigenvalue weighted by Gasteiger charge is 2.20. The molecular weight excluding hydrogens is 342 g/mol. The van der Waals surface area contributed by atoms with Gasteiger partial charge in [0.2, 0.25) is 5.91 Å². The molecule has 2 atom stereocenters. The minimum Gasteiger partial charge on any atom is -0.497 e. The van der Waals surface area contributed by atoms with Gasteiger partial charge in [0.1, 0.15) is 5.75 Å². The van der Waals surface area contributed by atoms with Gasteiger partial charge in [-0.15, -0.1) is 11.8 Å². The fraction of sp³-hybridized carbons (Fsp3) is 0.316. The molecule has 2 aromatic rings. The number of thioether (sulfide) groups is 1. The van der Waals surface area contributed by atoms with Gasteiger partial charge in [0.15, 0.2) is 0 Å². The van der Waals surface area contributed by atoms with Crippen LogP contribution in [0.15, 0.2) is 53.4 Å². The van der Waals surface area contributed by atoms with Crippen LogP contribution in [-0.2, 0) is 4.79 Å². The van der Waals surface area contributed by atoms with Crippen LogP contribution in [0.25, 0.3) is 0 Å². The number of carbonyl (C=O) groups excluding carboxylic acids is 1. The van der Waals surface area contributed by atoms with Gasteiger partial charge in [0, 0.05) is 9.92 Å². The number of hydrogen-bond acceptors (Lipinski definition) is 3. The summed E-state index contributed by atoms with van der Waals surface area (Å²) in [6.07, 6.45) is 0.758. The second kappa shape index (κ2) is 9.00. The van der Waals surface area contributed by atoms with Gasteiger partial charge in [-0.05, 0) is 55.3 Å². The van der Waals surface area contributed by atoms with Gasteiger partial charge in [-0.25, -0.2) is 0 Å². The first-order valence-corrected chi connectivity index (χ1v) is 9.15. The number of amides is 1. The van der Waals surface area contributed by atoms with Crippen LogP contribution in [0.3, 0.4) is 0 Å². The summed E-state index contributed by atoms with van der Waals surface area (Å²) in [5, 5.41) is 3.66. The predicted molar refractivity (Wildman–Crippen MR) is 101 cm³/mol. The Labute approximate surface area is 152 Å². The van der Waals surface area contributed by atoms with E-state index in [1.54, 1.807) is 18.9 Å². The highest BCUT2D eigenvalue weighted by atomic mass is 35.5. The van der Waals surface area contributed by atoms with Gasteiger partial charge in [-0.1, -0.05) is 30.7 Å². The lowest BCUT2D eigenvalue weighted by Crippen LogP contribution is -2.34. The van der Waals surface area contributed by atoms with Crippen LogP contribution >= 0.6 is 23.4 Å². The third kappa shape index (κ3) is 5.18. The molecule has 128 valence electrons. The molecule has 2 aromatic carbocycles. The normalized spacial score (nSPS) is 13.2. The van der Waals surface area contributed by atoms with Crippen molar-refractivity contribution in [1.82, 2.24) is 5.32 Å². The largest absolute Gasteiger partial charge is 0.497 e. The van der Waals surface area contributed by atoms with Gasteiger partial charge < -0.3 is 10.1 Å². The standard InChI is InChI=1S/C19H22ClNO2S/c1-4-18(24-17-11-7-15(20)8-12-17)19(22)21-13(2)14-5-9-16(23-3)10-6-14/h5-13,18H,4H2,1-3H3,(H,21,22)/t13-,18-/m0/s1. The van der Waals surface area contributed by atoms with Crippen LogP contribution in [0.1, 0.15) is 31.9 Å². The lowest BCUT2D eigenvalue weighted by atomic mass is 10.1. The van der Waals surface area contributed by atoms with Crippen molar-refractivity contribution in [3.05, 3.63) is 59.1 Å². The number of benzene rings is 2. The Morgan fingerprint density at radius 3 is 2.33 bits per heavy atom. The molecule has 1 N–H and O–H groups in total. The molecule has 0 radical (unpaired) electrons. The summed E-state index contributed by atoms with van der Waals surface area (Å²) in [7, 11) is 1.64. The van der Waals surface area contributed by atoms with Gasteiger partial charge in [0.25, 0.3) is 0 Å². The first-order chi connectivity index (χ1) is 11.5. The smallest absolute Gasteiger partial charge is 0.233 e. The maximum Gasteiger partial charge on any atom is 0.233 e. The van der Waals surface area contributed by atoms with Gasteiger partial charge in [0.05, 0.1) is 18.4 Å². The Kier molecular flexibility index (Phi) is 7.00. The van der Waals surface area contributed by atoms with E-state index in [1.807, 2.05) is 62.4 Å². The monoisotopic (exact) mass is 363 g/mol. The zero-order valence-electron chi connectivity index (χ0n) is 14.1. The van der Waals surface area contributed by atoms with Crippen LogP contribution in [0, 0.1) is 0 Å². The van der Waals surface area contributed by atoms with Crippen molar-refractivity contribution < 1.29 is 9.53 Å². The first-order valence-electron chi connectivity index (χ1n) is 7.90. The number of ether oxygens (including phenoxy) is 1. The van der Waals surface area contributed by atoms with Crippen molar-refractivity contribution in [2.24, 2.45) is 0 Å². The molecular formula is C19H22ClNO2S. The van der Waals surface area contributed by atoms with Crippen molar-refractivity contribution in [3.8, 4) is 5.75 Å². The molecule has 0 heterocycles. The van der Waals surface area contributed by atoms with Gasteiger partial charge >= 0.3 is 0 Å². The molecule has 5 heteroatoms. The Morgan fingerprint density at radius 2 is 1.79 bits per heavy atom. The number of halogens is 1. The summed E-state index contributed by atoms with van der Waals surface area (Å²) in [6.45, 7) is 4.00. The van der Waals surface area contributed by atoms with E-state index in [2.05, 4.69) is 5.32 Å². The number of carbonyl (C=O) groups is 1. The Balaban J connectivity index is 1.98. The van der Waals surface area contributed by atoms with Crippen molar-refractivity contribution >= 4 is 29.3 Å². The molecule has 0 aromatic heterocycles. The Bertz CT molecular complexity index is 658. The average molecular weight is 364 g/mol. The van der Waals surface area contributed by atoms with E-state index in [9.17, 15) is 4.79 Å². The summed E-state index contributed by atoms with van der Waals surface area (Å²) >= 11 is 7.46. The SMILES string of the molecule is CC[C@H](Sc1ccc(Cl)cc1)C(=O)N[C@@H](C)c1ccc(OC)cc1. The Morgan fingerprint density at radius 1 is 1.17 bits per heavy atom. The number of nitrogens with one attached hydrogen (secondary N) is 1. The number of hydrogen-bond donors (Lipinski definition) is 1. The van der Waals surface area contributed by atoms with Gasteiger partial charge in [-0.3, -0.25) is 4.79 Å². The predicted octanol–water partition coefficient (Wildman–Crippen LogP) is 5.10. The second-order valence-corrected chi connectivity index (χ2v) is 7.18. The molecule has 0 aliphatic rings. The zero-order chi connectivity index (χ0) is 17.5. The van der Waals surface area contributed by atoms with Crippen LogP contribution in [0.2, 0.25) is 5.02 Å². The molecule has 0 bridgehead atoms. The molecule has 0 saturated carbocycles. The zero-order valence-corrected chi connectivity index (χ0v) is 15.7. The van der Waals surface area contributed by atoms with Crippen molar-refractivity contribution in [2.45, 2.75) is 36.5 Å². The van der Waals surface area contributed by atoms with E-state index in [1.165, 1.54) is 0 Å². The lowest BCUT2D eigenvalue weighted by molar-refractivity contribution is -0.121. The number of methoxy groups -OCH3 is 1. The van der Waals surface area contributed by atoms with Crippen LogP contribution in [-0.4, -0.2) is 18.3 Å². The quantitative estimate of drug-likeness (QED) is 0.696. The van der Waals surface area contributed by atoms with Crippen molar-refractivity contribution in [2.75, 3.05) is 7.11 Å². The minimum atomic E-state index is -0.133. The first kappa shape index (κ1) is 18.7. The maximum absolute atomic E-state index is 12.6. The highest BCUT2D eigenvalue weighted by molar-refractivity contribution is 8.00. The summed E-state index contributed by atoms with van der Waals surface area (Å²) in [5.74, 6) is 0.850. The van der Waals surface area contributed by atoms with E-state index in [0.29, 0.717) is 5.02 Å². The third-order valence-corrected chi connectivity index (χ3v) is 5.36. The second-order valence-electron chi connectivity index (χ2n) is 5.47. The fourth-order valence-electron chi connectivity index (χ4n) is 2.28. The van der Waals surface area contributed by atoms with Crippen LogP contribution in [0.4, 0.5) is 0 Å².